The number of nitrogens with zero attached hydrogens (tertiary/aromatic N) is 1. The van der Waals surface area contributed by atoms with E-state index in [9.17, 15) is 18.4 Å². The molecule has 13 heavy (non-hydrogen) atoms. The molecule has 0 aliphatic carbocycles. The van der Waals surface area contributed by atoms with Crippen LogP contribution in [0.25, 0.3) is 0 Å². The topological polar surface area (TPSA) is 36.2 Å². The normalized spacial score (nSPS) is 11.4. The molecule has 3 nitrogen and oxygen atoms in total. The lowest BCUT2D eigenvalue weighted by Gasteiger charge is -2.07. The summed E-state index contributed by atoms with van der Waals surface area (Å²) in [6.07, 6.45) is -3.17. The Kier molecular flexibility index (Phi) is 2.31. The van der Waals surface area contributed by atoms with Crippen molar-refractivity contribution >= 4 is 0 Å². The van der Waals surface area contributed by atoms with E-state index in [1.165, 1.54) is 7.11 Å². The van der Waals surface area contributed by atoms with Crippen molar-refractivity contribution in [3.8, 4) is 5.75 Å². The summed E-state index contributed by atoms with van der Waals surface area (Å²) in [5, 5.41) is 10.7. The Morgan fingerprint density at radius 1 is 1.38 bits per heavy atom. The Hall–Kier alpha value is -1.46. The molecule has 72 valence electrons. The molecule has 0 unspecified atom stereocenters. The molecule has 0 aliphatic heterocycles. The molecule has 0 saturated carbocycles. The second kappa shape index (κ2) is 3.12. The zero-order valence-corrected chi connectivity index (χ0v) is 6.63. The quantitative estimate of drug-likeness (QED) is 0.498. The van der Waals surface area contributed by atoms with E-state index in [0.717, 1.165) is 12.3 Å². The highest BCUT2D eigenvalue weighted by atomic mass is 19.4. The molecular formula is C7H6F3NO2. The van der Waals surface area contributed by atoms with Crippen LogP contribution in [0.4, 0.5) is 13.2 Å². The number of aromatic nitrogens is 1. The fourth-order valence-electron chi connectivity index (χ4n) is 0.794. The van der Waals surface area contributed by atoms with E-state index in [-0.39, 0.29) is 10.5 Å². The van der Waals surface area contributed by atoms with Gasteiger partial charge in [-0.05, 0) is 0 Å². The Morgan fingerprint density at radius 3 is 2.46 bits per heavy atom. The molecule has 0 atom stereocenters. The van der Waals surface area contributed by atoms with Crippen LogP contribution >= 0.6 is 0 Å². The Morgan fingerprint density at radius 2 is 2.00 bits per heavy atom. The molecular weight excluding hydrogens is 187 g/mol. The van der Waals surface area contributed by atoms with Gasteiger partial charge in [0.2, 0.25) is 6.20 Å². The predicted molar refractivity (Wildman–Crippen MR) is 37.0 cm³/mol. The first-order valence-corrected chi connectivity index (χ1v) is 3.28. The first kappa shape index (κ1) is 9.63. The van der Waals surface area contributed by atoms with Gasteiger partial charge in [-0.15, -0.1) is 0 Å². The zero-order chi connectivity index (χ0) is 10.1. The molecule has 1 heterocycles. The van der Waals surface area contributed by atoms with Crippen molar-refractivity contribution in [1.82, 2.24) is 0 Å². The molecule has 1 rings (SSSR count). The molecule has 1 aromatic rings. The first-order chi connectivity index (χ1) is 5.93. The van der Waals surface area contributed by atoms with Crippen LogP contribution in [-0.4, -0.2) is 7.11 Å². The van der Waals surface area contributed by atoms with E-state index in [4.69, 9.17) is 0 Å². The molecule has 0 N–H and O–H groups in total. The summed E-state index contributed by atoms with van der Waals surface area (Å²) in [6.45, 7) is 0. The second-order valence-corrected chi connectivity index (χ2v) is 2.32. The summed E-state index contributed by atoms with van der Waals surface area (Å²) in [5.74, 6) is -0.121. The Bertz CT molecular complexity index is 311. The van der Waals surface area contributed by atoms with Crippen LogP contribution in [0, 0.1) is 5.21 Å². The lowest BCUT2D eigenvalue weighted by molar-refractivity contribution is -0.607. The summed E-state index contributed by atoms with van der Waals surface area (Å²) in [5.41, 5.74) is -1.03. The highest BCUT2D eigenvalue weighted by molar-refractivity contribution is 5.22. The SMILES string of the molecule is COc1cc(C(F)(F)F)c[n+]([O-])c1. The van der Waals surface area contributed by atoms with Crippen molar-refractivity contribution in [3.05, 3.63) is 29.2 Å². The number of halogens is 3. The molecule has 0 spiro atoms. The van der Waals surface area contributed by atoms with E-state index in [0.29, 0.717) is 6.20 Å². The standard InChI is InChI=1S/C7H6F3NO2/c1-13-6-2-5(7(8,9)10)3-11(12)4-6/h2-4H,1H3. The van der Waals surface area contributed by atoms with Gasteiger partial charge in [0.05, 0.1) is 7.11 Å². The van der Waals surface area contributed by atoms with Crippen LogP contribution in [-0.2, 0) is 6.18 Å². The van der Waals surface area contributed by atoms with Crippen molar-refractivity contribution in [3.63, 3.8) is 0 Å². The van der Waals surface area contributed by atoms with Crippen LogP contribution in [0.3, 0.4) is 0 Å². The van der Waals surface area contributed by atoms with Crippen LogP contribution in [0.2, 0.25) is 0 Å². The highest BCUT2D eigenvalue weighted by Gasteiger charge is 2.33. The third kappa shape index (κ3) is 2.24. The van der Waals surface area contributed by atoms with Crippen LogP contribution in [0.15, 0.2) is 18.5 Å². The number of hydrogen-bond acceptors (Lipinski definition) is 2. The number of methoxy groups -OCH3 is 1. The predicted octanol–water partition coefficient (Wildman–Crippen LogP) is 1.35. The summed E-state index contributed by atoms with van der Waals surface area (Å²) >= 11 is 0. The maximum absolute atomic E-state index is 12.1. The van der Waals surface area contributed by atoms with Gasteiger partial charge >= 0.3 is 6.18 Å². The Labute approximate surface area is 71.9 Å². The van der Waals surface area contributed by atoms with E-state index < -0.39 is 11.7 Å². The minimum Gasteiger partial charge on any atom is -0.619 e. The summed E-state index contributed by atoms with van der Waals surface area (Å²) < 4.78 is 40.8. The van der Waals surface area contributed by atoms with Crippen LogP contribution in [0.5, 0.6) is 5.75 Å². The van der Waals surface area contributed by atoms with Crippen LogP contribution < -0.4 is 9.47 Å². The minimum absolute atomic E-state index is 0.0572. The van der Waals surface area contributed by atoms with Crippen molar-refractivity contribution in [2.24, 2.45) is 0 Å². The summed E-state index contributed by atoms with van der Waals surface area (Å²) in [4.78, 5) is 0. The molecule has 0 radical (unpaired) electrons. The maximum atomic E-state index is 12.1. The molecule has 1 aromatic heterocycles. The van der Waals surface area contributed by atoms with Gasteiger partial charge in [-0.3, -0.25) is 0 Å². The molecule has 6 heteroatoms. The lowest BCUT2D eigenvalue weighted by Crippen LogP contribution is -2.27. The summed E-state index contributed by atoms with van der Waals surface area (Å²) in [6, 6.07) is 0.758. The number of rotatable bonds is 1. The zero-order valence-electron chi connectivity index (χ0n) is 6.63. The third-order valence-corrected chi connectivity index (χ3v) is 1.38. The van der Waals surface area contributed by atoms with Crippen molar-refractivity contribution in [2.45, 2.75) is 6.18 Å². The second-order valence-electron chi connectivity index (χ2n) is 2.32. The monoisotopic (exact) mass is 193 g/mol. The van der Waals surface area contributed by atoms with E-state index >= 15 is 0 Å². The van der Waals surface area contributed by atoms with Gasteiger partial charge < -0.3 is 9.94 Å². The fraction of sp³-hybridized carbons (Fsp3) is 0.286. The van der Waals surface area contributed by atoms with Crippen LogP contribution in [0.1, 0.15) is 5.56 Å². The molecule has 0 fully saturated rings. The molecule has 0 aromatic carbocycles. The number of pyridine rings is 1. The summed E-state index contributed by atoms with van der Waals surface area (Å²) in [7, 11) is 1.19. The van der Waals surface area contributed by atoms with E-state index in [2.05, 4.69) is 4.74 Å². The number of ether oxygens (including phenoxy) is 1. The maximum Gasteiger partial charge on any atom is 0.422 e. The van der Waals surface area contributed by atoms with Crippen molar-refractivity contribution < 1.29 is 22.6 Å². The fourth-order valence-corrected chi connectivity index (χ4v) is 0.794. The third-order valence-electron chi connectivity index (χ3n) is 1.38. The first-order valence-electron chi connectivity index (χ1n) is 3.28. The lowest BCUT2D eigenvalue weighted by atomic mass is 10.3. The average molecular weight is 193 g/mol. The van der Waals surface area contributed by atoms with Gasteiger partial charge in [0, 0.05) is 6.07 Å². The smallest absolute Gasteiger partial charge is 0.422 e. The average Bonchev–Trinajstić information content (AvgIpc) is 2.01. The largest absolute Gasteiger partial charge is 0.619 e. The van der Waals surface area contributed by atoms with Gasteiger partial charge in [-0.25, -0.2) is 0 Å². The molecule has 0 bridgehead atoms. The van der Waals surface area contributed by atoms with Crippen molar-refractivity contribution in [2.75, 3.05) is 7.11 Å². The van der Waals surface area contributed by atoms with E-state index in [1.807, 2.05) is 0 Å². The molecule has 0 amide bonds. The van der Waals surface area contributed by atoms with Gasteiger partial charge in [0.25, 0.3) is 0 Å². The molecule has 0 aliphatic rings. The number of alkyl halides is 3. The van der Waals surface area contributed by atoms with Gasteiger partial charge in [-0.1, -0.05) is 0 Å². The van der Waals surface area contributed by atoms with Gasteiger partial charge in [0.1, 0.15) is 5.56 Å². The number of hydrogen-bond donors (Lipinski definition) is 0. The minimum atomic E-state index is -4.53. The Balaban J connectivity index is 3.16. The van der Waals surface area contributed by atoms with E-state index in [1.54, 1.807) is 0 Å². The van der Waals surface area contributed by atoms with Gasteiger partial charge in [-0.2, -0.15) is 17.9 Å². The van der Waals surface area contributed by atoms with Crippen molar-refractivity contribution in [1.29, 1.82) is 0 Å². The van der Waals surface area contributed by atoms with Gasteiger partial charge in [0.15, 0.2) is 11.9 Å². The molecule has 0 saturated heterocycles. The highest BCUT2D eigenvalue weighted by Crippen LogP contribution is 2.29.